The van der Waals surface area contributed by atoms with Crippen LogP contribution in [-0.2, 0) is 15.6 Å². The standard InChI is InChI=1S/C39H45N5O5S3/c1-24-7-13-32-30(21-24)38(2,3)34(40-32)15-11-28-25-8-9-26(22-25)29(37(28)51-19-17-36(45)46)12-16-35-39(4,5)31-23-27(50)10-14-33(31)44(35)18-6-20-52(41-47,42-48)43-49/h7,10-16,21,23,25-26,50H,6,8-9,17-20,22H2,1-5H3,(H,45,46)/b15-11+,29-12-,35-16+. The van der Waals surface area contributed by atoms with Gasteiger partial charge in [-0.15, -0.1) is 39.1 Å². The molecule has 2 aromatic rings. The van der Waals surface area contributed by atoms with E-state index in [1.54, 1.807) is 11.8 Å². The van der Waals surface area contributed by atoms with Gasteiger partial charge in [-0.05, 0) is 103 Å². The fourth-order valence-corrected chi connectivity index (χ4v) is 10.4. The van der Waals surface area contributed by atoms with Gasteiger partial charge in [-0.2, -0.15) is 0 Å². The molecule has 2 unspecified atom stereocenters. The zero-order valence-electron chi connectivity index (χ0n) is 30.2. The Morgan fingerprint density at radius 3 is 2.44 bits per heavy atom. The summed E-state index contributed by atoms with van der Waals surface area (Å²) in [6.07, 6.45) is 12.3. The molecule has 0 aromatic heterocycles. The van der Waals surface area contributed by atoms with E-state index in [0.29, 0.717) is 30.6 Å². The molecule has 52 heavy (non-hydrogen) atoms. The van der Waals surface area contributed by atoms with Gasteiger partial charge in [-0.25, -0.2) is 0 Å². The molecule has 6 rings (SSSR count). The molecule has 2 heterocycles. The summed E-state index contributed by atoms with van der Waals surface area (Å²) in [4.78, 5) is 54.9. The smallest absolute Gasteiger partial charge is 0.304 e. The molecule has 10 nitrogen and oxygen atoms in total. The van der Waals surface area contributed by atoms with Crippen LogP contribution in [-0.4, -0.2) is 34.8 Å². The molecule has 274 valence electrons. The highest BCUT2D eigenvalue weighted by Gasteiger charge is 2.42. The van der Waals surface area contributed by atoms with Crippen molar-refractivity contribution >= 4 is 58.0 Å². The minimum atomic E-state index is -3.36. The van der Waals surface area contributed by atoms with Crippen LogP contribution in [0.25, 0.3) is 0 Å². The van der Waals surface area contributed by atoms with Crippen molar-refractivity contribution in [2.45, 2.75) is 82.4 Å². The van der Waals surface area contributed by atoms with Crippen LogP contribution in [0.15, 0.2) is 106 Å². The van der Waals surface area contributed by atoms with E-state index < -0.39 is 22.0 Å². The van der Waals surface area contributed by atoms with E-state index in [4.69, 9.17) is 4.99 Å². The van der Waals surface area contributed by atoms with Gasteiger partial charge in [0.25, 0.3) is 0 Å². The Labute approximate surface area is 316 Å². The summed E-state index contributed by atoms with van der Waals surface area (Å²) in [5.41, 5.74) is 9.36. The van der Waals surface area contributed by atoms with E-state index in [0.717, 1.165) is 57.4 Å². The van der Waals surface area contributed by atoms with Gasteiger partial charge < -0.3 is 10.0 Å². The second-order valence-corrected chi connectivity index (χ2v) is 18.8. The average Bonchev–Trinajstić information content (AvgIpc) is 3.71. The number of carbonyl (C=O) groups is 1. The predicted molar refractivity (Wildman–Crippen MR) is 218 cm³/mol. The monoisotopic (exact) mass is 759 g/mol. The van der Waals surface area contributed by atoms with Crippen molar-refractivity contribution in [1.29, 1.82) is 0 Å². The summed E-state index contributed by atoms with van der Waals surface area (Å²) in [7, 11) is -3.36. The Hall–Kier alpha value is -3.81. The van der Waals surface area contributed by atoms with Crippen molar-refractivity contribution in [3.63, 3.8) is 0 Å². The fourth-order valence-electron chi connectivity index (χ4n) is 8.13. The summed E-state index contributed by atoms with van der Waals surface area (Å²) in [6, 6.07) is 12.4. The number of hydrogen-bond donors (Lipinski definition) is 2. The third kappa shape index (κ3) is 7.11. The van der Waals surface area contributed by atoms with Crippen LogP contribution < -0.4 is 4.90 Å². The molecule has 1 saturated carbocycles. The molecule has 4 aliphatic rings. The van der Waals surface area contributed by atoms with Crippen LogP contribution in [0.3, 0.4) is 0 Å². The first kappa shape index (κ1) is 37.9. The highest BCUT2D eigenvalue weighted by atomic mass is 32.3. The molecule has 0 radical (unpaired) electrons. The van der Waals surface area contributed by atoms with Gasteiger partial charge in [0.2, 0.25) is 0 Å². The van der Waals surface area contributed by atoms with Crippen LogP contribution >= 0.6 is 35.0 Å². The van der Waals surface area contributed by atoms with Gasteiger partial charge in [-0.3, -0.25) is 9.79 Å². The summed E-state index contributed by atoms with van der Waals surface area (Å²) in [5.74, 6) is 0.265. The van der Waals surface area contributed by atoms with E-state index in [1.807, 2.05) is 12.1 Å². The van der Waals surface area contributed by atoms with Crippen molar-refractivity contribution < 1.29 is 9.90 Å². The summed E-state index contributed by atoms with van der Waals surface area (Å²) < 4.78 is 8.16. The van der Waals surface area contributed by atoms with Crippen molar-refractivity contribution in [2.75, 3.05) is 23.0 Å². The molecule has 2 atom stereocenters. The topological polar surface area (TPSA) is 141 Å². The zero-order valence-corrected chi connectivity index (χ0v) is 32.7. The molecular formula is C39H45N5O5S3. The number of nitrogens with zero attached hydrogens (tertiary/aromatic N) is 5. The number of aliphatic carboxylic acids is 1. The maximum atomic E-state index is 11.6. The number of anilines is 1. The number of fused-ring (bicyclic) bond motifs is 4. The molecule has 2 bridgehead atoms. The molecule has 1 fully saturated rings. The van der Waals surface area contributed by atoms with Crippen LogP contribution in [0.1, 0.15) is 76.5 Å². The number of rotatable bonds is 14. The Balaban J connectivity index is 1.40. The number of nitroso groups, excluding NO2 is 3. The second kappa shape index (κ2) is 14.9. The third-order valence-electron chi connectivity index (χ3n) is 11.0. The number of hydrogen-bond acceptors (Lipinski definition) is 11. The third-order valence-corrected chi connectivity index (χ3v) is 14.0. The molecule has 0 amide bonds. The lowest BCUT2D eigenvalue weighted by atomic mass is 9.79. The summed E-state index contributed by atoms with van der Waals surface area (Å²) >= 11 is 6.25. The Kier molecular flexibility index (Phi) is 10.9. The summed E-state index contributed by atoms with van der Waals surface area (Å²) in [6.45, 7) is 11.3. The quantitative estimate of drug-likeness (QED) is 0.144. The molecule has 1 N–H and O–H groups in total. The fraction of sp³-hybridized carbons (Fsp3) is 0.436. The van der Waals surface area contributed by atoms with Crippen molar-refractivity contribution in [3.8, 4) is 0 Å². The number of carboxylic acid groups (broad SMARTS) is 1. The Morgan fingerprint density at radius 1 is 1.00 bits per heavy atom. The number of thiol groups is 1. The van der Waals surface area contributed by atoms with E-state index in [1.165, 1.54) is 22.3 Å². The van der Waals surface area contributed by atoms with Crippen LogP contribution in [0.2, 0.25) is 0 Å². The Morgan fingerprint density at radius 2 is 1.73 bits per heavy atom. The van der Waals surface area contributed by atoms with Crippen LogP contribution in [0, 0.1) is 33.5 Å². The van der Waals surface area contributed by atoms with Gasteiger partial charge in [0, 0.05) is 63.8 Å². The van der Waals surface area contributed by atoms with E-state index in [2.05, 4.69) is 114 Å². The molecule has 2 aromatic carbocycles. The molecular weight excluding hydrogens is 715 g/mol. The lowest BCUT2D eigenvalue weighted by molar-refractivity contribution is -0.136. The van der Waals surface area contributed by atoms with Gasteiger partial charge in [0.1, 0.15) is 0 Å². The molecule has 2 aliphatic carbocycles. The van der Waals surface area contributed by atoms with E-state index >= 15 is 0 Å². The average molecular weight is 760 g/mol. The first-order valence-electron chi connectivity index (χ1n) is 17.6. The SMILES string of the molecule is Cc1ccc2c(c1)C(C)(C)C(/C=C/C1=C(SCCC(=O)O)C(=C\C=C3\N(CCCS(N=O)(N=O)N=O)c4ccc(S)cc4C3(C)C)/C3CCC1C3)=N2. The number of aryl methyl sites for hydroxylation is 1. The number of benzene rings is 2. The van der Waals surface area contributed by atoms with Crippen LogP contribution in [0.5, 0.6) is 0 Å². The Bertz CT molecular complexity index is 1960. The molecule has 13 heteroatoms. The van der Waals surface area contributed by atoms with E-state index in [-0.39, 0.29) is 17.6 Å². The van der Waals surface area contributed by atoms with Crippen LogP contribution in [0.4, 0.5) is 11.4 Å². The number of allylic oxidation sites excluding steroid dienone is 7. The first-order valence-corrected chi connectivity index (χ1v) is 20.7. The zero-order chi connectivity index (χ0) is 37.4. The maximum absolute atomic E-state index is 11.6. The first-order chi connectivity index (χ1) is 24.7. The molecule has 0 saturated heterocycles. The second-order valence-electron chi connectivity index (χ2n) is 15.0. The predicted octanol–water partition coefficient (Wildman–Crippen LogP) is 10.9. The largest absolute Gasteiger partial charge is 0.481 e. The van der Waals surface area contributed by atoms with Crippen molar-refractivity contribution in [2.24, 2.45) is 30.6 Å². The number of carboxylic acids is 1. The normalized spacial score (nSPS) is 23.3. The van der Waals surface area contributed by atoms with Crippen molar-refractivity contribution in [3.05, 3.63) is 114 Å². The highest BCUT2D eigenvalue weighted by molar-refractivity contribution is 8.30. The lowest BCUT2D eigenvalue weighted by Gasteiger charge is -2.29. The van der Waals surface area contributed by atoms with Gasteiger partial charge in [0.05, 0.1) is 17.8 Å². The minimum Gasteiger partial charge on any atom is -0.481 e. The highest BCUT2D eigenvalue weighted by Crippen LogP contribution is 2.55. The maximum Gasteiger partial charge on any atom is 0.304 e. The summed E-state index contributed by atoms with van der Waals surface area (Å²) in [5, 5.41) is 9.55. The number of thioether (sulfide) groups is 1. The van der Waals surface area contributed by atoms with Crippen molar-refractivity contribution in [1.82, 2.24) is 0 Å². The van der Waals surface area contributed by atoms with Gasteiger partial charge in [-0.1, -0.05) is 57.5 Å². The van der Waals surface area contributed by atoms with E-state index in [9.17, 15) is 24.6 Å². The molecule has 2 aliphatic heterocycles. The molecule has 0 spiro atoms. The number of aliphatic imine (C=N–C) groups is 1. The minimum absolute atomic E-state index is 0.0653. The van der Waals surface area contributed by atoms with Gasteiger partial charge in [0.15, 0.2) is 10.6 Å². The lowest BCUT2D eigenvalue weighted by Crippen LogP contribution is -2.27. The van der Waals surface area contributed by atoms with Gasteiger partial charge >= 0.3 is 5.97 Å².